The van der Waals surface area contributed by atoms with Crippen LogP contribution >= 0.6 is 11.3 Å². The summed E-state index contributed by atoms with van der Waals surface area (Å²) in [4.78, 5) is 3.96. The SMILES string of the molecule is CN(Cc1cccs1)C1CCCCNC1. The van der Waals surface area contributed by atoms with Crippen LogP contribution in [0.2, 0.25) is 0 Å². The largest absolute Gasteiger partial charge is 0.315 e. The van der Waals surface area contributed by atoms with Crippen LogP contribution in [-0.4, -0.2) is 31.1 Å². The fourth-order valence-corrected chi connectivity index (χ4v) is 2.92. The molecule has 0 aliphatic carbocycles. The number of hydrogen-bond donors (Lipinski definition) is 1. The molecule has 1 aromatic heterocycles. The zero-order chi connectivity index (χ0) is 10.5. The average Bonchev–Trinajstić information content (AvgIpc) is 2.58. The van der Waals surface area contributed by atoms with E-state index in [4.69, 9.17) is 0 Å². The molecule has 1 N–H and O–H groups in total. The molecular formula is C12H20N2S. The molecule has 1 saturated heterocycles. The molecule has 1 aromatic rings. The first-order valence-electron chi connectivity index (χ1n) is 5.79. The Labute approximate surface area is 96.3 Å². The maximum atomic E-state index is 3.52. The first-order valence-corrected chi connectivity index (χ1v) is 6.67. The molecule has 0 saturated carbocycles. The normalized spacial score (nSPS) is 22.9. The summed E-state index contributed by atoms with van der Waals surface area (Å²) in [6.07, 6.45) is 4.05. The van der Waals surface area contributed by atoms with Gasteiger partial charge in [0.2, 0.25) is 0 Å². The Balaban J connectivity index is 1.86. The van der Waals surface area contributed by atoms with E-state index in [1.165, 1.54) is 30.7 Å². The van der Waals surface area contributed by atoms with Gasteiger partial charge in [0.1, 0.15) is 0 Å². The predicted octanol–water partition coefficient (Wildman–Crippen LogP) is 2.32. The standard InChI is InChI=1S/C12H20N2S/c1-14(10-12-6-4-8-15-12)11-5-2-3-7-13-9-11/h4,6,8,11,13H,2-3,5,7,9-10H2,1H3. The number of hydrogen-bond acceptors (Lipinski definition) is 3. The summed E-state index contributed by atoms with van der Waals surface area (Å²) < 4.78 is 0. The highest BCUT2D eigenvalue weighted by Crippen LogP contribution is 2.16. The molecule has 0 radical (unpaired) electrons. The van der Waals surface area contributed by atoms with Crippen LogP contribution in [0.5, 0.6) is 0 Å². The lowest BCUT2D eigenvalue weighted by molar-refractivity contribution is 0.224. The molecule has 0 aromatic carbocycles. The molecule has 0 spiro atoms. The van der Waals surface area contributed by atoms with Crippen LogP contribution in [0.4, 0.5) is 0 Å². The predicted molar refractivity (Wildman–Crippen MR) is 66.3 cm³/mol. The first-order chi connectivity index (χ1) is 7.36. The van der Waals surface area contributed by atoms with Gasteiger partial charge in [-0.05, 0) is 37.9 Å². The summed E-state index contributed by atoms with van der Waals surface area (Å²) >= 11 is 1.86. The van der Waals surface area contributed by atoms with Crippen LogP contribution in [0.25, 0.3) is 0 Å². The van der Waals surface area contributed by atoms with Gasteiger partial charge >= 0.3 is 0 Å². The van der Waals surface area contributed by atoms with Crippen molar-refractivity contribution >= 4 is 11.3 Å². The molecule has 2 heterocycles. The van der Waals surface area contributed by atoms with Gasteiger partial charge in [0.05, 0.1) is 0 Å². The lowest BCUT2D eigenvalue weighted by atomic mass is 10.1. The lowest BCUT2D eigenvalue weighted by Gasteiger charge is -2.26. The number of likely N-dealkylation sites (N-methyl/N-ethyl adjacent to an activating group) is 1. The topological polar surface area (TPSA) is 15.3 Å². The number of thiophene rings is 1. The van der Waals surface area contributed by atoms with Crippen LogP contribution in [-0.2, 0) is 6.54 Å². The zero-order valence-corrected chi connectivity index (χ0v) is 10.2. The van der Waals surface area contributed by atoms with E-state index >= 15 is 0 Å². The third kappa shape index (κ3) is 3.30. The summed E-state index contributed by atoms with van der Waals surface area (Å²) in [5.41, 5.74) is 0. The van der Waals surface area contributed by atoms with Crippen LogP contribution in [0.1, 0.15) is 24.1 Å². The highest BCUT2D eigenvalue weighted by atomic mass is 32.1. The number of nitrogens with zero attached hydrogens (tertiary/aromatic N) is 1. The summed E-state index contributed by atoms with van der Waals surface area (Å²) in [5, 5.41) is 5.68. The highest BCUT2D eigenvalue weighted by Gasteiger charge is 2.16. The smallest absolute Gasteiger partial charge is 0.0328 e. The molecular weight excluding hydrogens is 204 g/mol. The van der Waals surface area contributed by atoms with E-state index < -0.39 is 0 Å². The van der Waals surface area contributed by atoms with Crippen molar-refractivity contribution in [1.29, 1.82) is 0 Å². The van der Waals surface area contributed by atoms with E-state index in [1.807, 2.05) is 11.3 Å². The second kappa shape index (κ2) is 5.64. The van der Waals surface area contributed by atoms with Crippen molar-refractivity contribution in [3.8, 4) is 0 Å². The second-order valence-corrected chi connectivity index (χ2v) is 5.38. The van der Waals surface area contributed by atoms with E-state index in [2.05, 4.69) is 34.8 Å². The van der Waals surface area contributed by atoms with Gasteiger partial charge in [-0.25, -0.2) is 0 Å². The maximum absolute atomic E-state index is 3.52. The van der Waals surface area contributed by atoms with Gasteiger partial charge in [-0.2, -0.15) is 0 Å². The Hall–Kier alpha value is -0.380. The van der Waals surface area contributed by atoms with Crippen LogP contribution in [0.15, 0.2) is 17.5 Å². The molecule has 2 nitrogen and oxygen atoms in total. The molecule has 3 heteroatoms. The fourth-order valence-electron chi connectivity index (χ4n) is 2.15. The molecule has 84 valence electrons. The molecule has 1 unspecified atom stereocenters. The van der Waals surface area contributed by atoms with Gasteiger partial charge in [0.25, 0.3) is 0 Å². The summed E-state index contributed by atoms with van der Waals surface area (Å²) in [6, 6.07) is 5.08. The Bertz CT molecular complexity index is 263. The van der Waals surface area contributed by atoms with Crippen molar-refractivity contribution in [2.24, 2.45) is 0 Å². The molecule has 1 aliphatic rings. The molecule has 1 aliphatic heterocycles. The molecule has 0 amide bonds. The van der Waals surface area contributed by atoms with E-state index in [0.717, 1.165) is 19.1 Å². The Morgan fingerprint density at radius 1 is 1.53 bits per heavy atom. The third-order valence-electron chi connectivity index (χ3n) is 3.13. The first kappa shape index (κ1) is 11.1. The number of nitrogens with one attached hydrogen (secondary N) is 1. The third-order valence-corrected chi connectivity index (χ3v) is 3.99. The van der Waals surface area contributed by atoms with Gasteiger partial charge in [-0.3, -0.25) is 4.90 Å². The minimum Gasteiger partial charge on any atom is -0.315 e. The van der Waals surface area contributed by atoms with Gasteiger partial charge in [0.15, 0.2) is 0 Å². The summed E-state index contributed by atoms with van der Waals surface area (Å²) in [7, 11) is 2.25. The van der Waals surface area contributed by atoms with Crippen molar-refractivity contribution in [2.75, 3.05) is 20.1 Å². The Morgan fingerprint density at radius 3 is 3.27 bits per heavy atom. The zero-order valence-electron chi connectivity index (χ0n) is 9.41. The lowest BCUT2D eigenvalue weighted by Crippen LogP contribution is -2.38. The average molecular weight is 224 g/mol. The highest BCUT2D eigenvalue weighted by molar-refractivity contribution is 7.09. The van der Waals surface area contributed by atoms with Crippen LogP contribution < -0.4 is 5.32 Å². The van der Waals surface area contributed by atoms with Crippen LogP contribution in [0, 0.1) is 0 Å². The van der Waals surface area contributed by atoms with Gasteiger partial charge in [0, 0.05) is 24.0 Å². The summed E-state index contributed by atoms with van der Waals surface area (Å²) in [6.45, 7) is 3.45. The van der Waals surface area contributed by atoms with Crippen molar-refractivity contribution in [1.82, 2.24) is 10.2 Å². The molecule has 1 atom stereocenters. The monoisotopic (exact) mass is 224 g/mol. The van der Waals surface area contributed by atoms with E-state index in [-0.39, 0.29) is 0 Å². The minimum absolute atomic E-state index is 0.717. The quantitative estimate of drug-likeness (QED) is 0.847. The van der Waals surface area contributed by atoms with E-state index in [0.29, 0.717) is 0 Å². The maximum Gasteiger partial charge on any atom is 0.0328 e. The Morgan fingerprint density at radius 2 is 2.47 bits per heavy atom. The van der Waals surface area contributed by atoms with E-state index in [9.17, 15) is 0 Å². The Kier molecular flexibility index (Phi) is 4.18. The van der Waals surface area contributed by atoms with Gasteiger partial charge < -0.3 is 5.32 Å². The molecule has 15 heavy (non-hydrogen) atoms. The van der Waals surface area contributed by atoms with Crippen molar-refractivity contribution in [2.45, 2.75) is 31.8 Å². The van der Waals surface area contributed by atoms with Crippen molar-refractivity contribution < 1.29 is 0 Å². The van der Waals surface area contributed by atoms with Gasteiger partial charge in [-0.1, -0.05) is 12.5 Å². The van der Waals surface area contributed by atoms with Crippen molar-refractivity contribution in [3.63, 3.8) is 0 Å². The van der Waals surface area contributed by atoms with Crippen LogP contribution in [0.3, 0.4) is 0 Å². The molecule has 0 bridgehead atoms. The molecule has 2 rings (SSSR count). The fraction of sp³-hybridized carbons (Fsp3) is 0.667. The summed E-state index contributed by atoms with van der Waals surface area (Å²) in [5.74, 6) is 0. The minimum atomic E-state index is 0.717. The van der Waals surface area contributed by atoms with E-state index in [1.54, 1.807) is 0 Å². The van der Waals surface area contributed by atoms with Crippen molar-refractivity contribution in [3.05, 3.63) is 22.4 Å². The number of rotatable bonds is 3. The van der Waals surface area contributed by atoms with Gasteiger partial charge in [-0.15, -0.1) is 11.3 Å². The molecule has 1 fully saturated rings. The second-order valence-electron chi connectivity index (χ2n) is 4.35.